The van der Waals surface area contributed by atoms with Crippen molar-refractivity contribution in [1.29, 1.82) is 0 Å². The number of halogens is 1. The number of allylic oxidation sites excluding steroid dienone is 1. The summed E-state index contributed by atoms with van der Waals surface area (Å²) in [6.07, 6.45) is 6.58. The van der Waals surface area contributed by atoms with Crippen molar-refractivity contribution >= 4 is 40.1 Å². The van der Waals surface area contributed by atoms with Gasteiger partial charge in [0.05, 0.1) is 16.7 Å². The smallest absolute Gasteiger partial charge is 0.255 e. The summed E-state index contributed by atoms with van der Waals surface area (Å²) in [5.41, 5.74) is 4.03. The number of aromatic amines is 1. The van der Waals surface area contributed by atoms with Gasteiger partial charge < -0.3 is 15.2 Å². The van der Waals surface area contributed by atoms with Crippen LogP contribution in [0.5, 0.6) is 0 Å². The maximum Gasteiger partial charge on any atom is 0.255 e. The van der Waals surface area contributed by atoms with Crippen LogP contribution in [0.15, 0.2) is 54.6 Å². The van der Waals surface area contributed by atoms with Crippen molar-refractivity contribution in [2.75, 3.05) is 13.1 Å². The van der Waals surface area contributed by atoms with E-state index in [0.717, 1.165) is 23.0 Å². The van der Waals surface area contributed by atoms with E-state index in [0.29, 0.717) is 40.8 Å². The average Bonchev–Trinajstić information content (AvgIpc) is 3.42. The van der Waals surface area contributed by atoms with E-state index < -0.39 is 0 Å². The number of amides is 2. The highest BCUT2D eigenvalue weighted by molar-refractivity contribution is 6.31. The second-order valence-electron chi connectivity index (χ2n) is 7.44. The predicted molar refractivity (Wildman–Crippen MR) is 123 cm³/mol. The Morgan fingerprint density at radius 1 is 1.19 bits per heavy atom. The fraction of sp³-hybridized carbons (Fsp3) is 0.208. The average molecular weight is 435 g/mol. The van der Waals surface area contributed by atoms with Crippen molar-refractivity contribution in [2.45, 2.75) is 20.3 Å². The molecular formula is C24H23ClN4O2. The van der Waals surface area contributed by atoms with E-state index >= 15 is 0 Å². The van der Waals surface area contributed by atoms with E-state index in [2.05, 4.69) is 15.3 Å². The normalized spacial score (nSPS) is 13.8. The summed E-state index contributed by atoms with van der Waals surface area (Å²) in [6, 6.07) is 10.6. The molecule has 0 spiro atoms. The lowest BCUT2D eigenvalue weighted by Gasteiger charge is -2.17. The Morgan fingerprint density at radius 2 is 1.97 bits per heavy atom. The maximum absolute atomic E-state index is 12.9. The fourth-order valence-electron chi connectivity index (χ4n) is 3.57. The number of hydrogen-bond acceptors (Lipinski definition) is 3. The van der Waals surface area contributed by atoms with Gasteiger partial charge in [-0.1, -0.05) is 36.8 Å². The summed E-state index contributed by atoms with van der Waals surface area (Å²) in [5, 5.41) is 3.56. The molecule has 0 saturated heterocycles. The summed E-state index contributed by atoms with van der Waals surface area (Å²) in [6.45, 7) is 5.07. The van der Waals surface area contributed by atoms with Crippen LogP contribution < -0.4 is 5.32 Å². The summed E-state index contributed by atoms with van der Waals surface area (Å²) < 4.78 is 0. The van der Waals surface area contributed by atoms with Gasteiger partial charge in [0.25, 0.3) is 11.8 Å². The van der Waals surface area contributed by atoms with Gasteiger partial charge in [0.2, 0.25) is 0 Å². The lowest BCUT2D eigenvalue weighted by Crippen LogP contribution is -2.29. The molecule has 2 heterocycles. The molecule has 0 saturated carbocycles. The summed E-state index contributed by atoms with van der Waals surface area (Å²) >= 11 is 6.06. The molecule has 2 amide bonds. The molecule has 0 bridgehead atoms. The SMILES string of the molecule is CC/C=C(\NC(=O)c1ccc(C(=O)N2CC=CC2)c(C)c1)c1nc2ccc(Cl)cc2[nH]1. The molecule has 31 heavy (non-hydrogen) atoms. The van der Waals surface area contributed by atoms with Crippen molar-refractivity contribution in [3.05, 3.63) is 82.2 Å². The summed E-state index contributed by atoms with van der Waals surface area (Å²) in [4.78, 5) is 35.1. The van der Waals surface area contributed by atoms with E-state index in [-0.39, 0.29) is 11.8 Å². The number of hydrogen-bond donors (Lipinski definition) is 2. The third-order valence-corrected chi connectivity index (χ3v) is 5.42. The predicted octanol–water partition coefficient (Wildman–Crippen LogP) is 4.72. The molecule has 0 radical (unpaired) electrons. The molecule has 0 atom stereocenters. The number of carbonyl (C=O) groups excluding carboxylic acids is 2. The molecular weight excluding hydrogens is 412 g/mol. The number of nitrogens with zero attached hydrogens (tertiary/aromatic N) is 2. The minimum Gasteiger partial charge on any atom is -0.337 e. The number of imidazole rings is 1. The Hall–Kier alpha value is -3.38. The van der Waals surface area contributed by atoms with Crippen LogP contribution in [0.4, 0.5) is 0 Å². The van der Waals surface area contributed by atoms with E-state index in [1.807, 2.05) is 38.1 Å². The van der Waals surface area contributed by atoms with Gasteiger partial charge in [-0.15, -0.1) is 0 Å². The van der Waals surface area contributed by atoms with Crippen LogP contribution in [0, 0.1) is 6.92 Å². The Kier molecular flexibility index (Phi) is 5.91. The first-order valence-corrected chi connectivity index (χ1v) is 10.6. The van der Waals surface area contributed by atoms with Crippen LogP contribution >= 0.6 is 11.6 Å². The third-order valence-electron chi connectivity index (χ3n) is 5.18. The van der Waals surface area contributed by atoms with Crippen molar-refractivity contribution in [1.82, 2.24) is 20.2 Å². The van der Waals surface area contributed by atoms with Gasteiger partial charge in [-0.2, -0.15) is 0 Å². The van der Waals surface area contributed by atoms with Crippen molar-refractivity contribution in [2.24, 2.45) is 0 Å². The zero-order chi connectivity index (χ0) is 22.0. The summed E-state index contributed by atoms with van der Waals surface area (Å²) in [5.74, 6) is 0.280. The van der Waals surface area contributed by atoms with Gasteiger partial charge in [0, 0.05) is 29.2 Å². The fourth-order valence-corrected chi connectivity index (χ4v) is 3.75. The van der Waals surface area contributed by atoms with E-state index in [1.54, 1.807) is 35.2 Å². The monoisotopic (exact) mass is 434 g/mol. The molecule has 7 heteroatoms. The number of carbonyl (C=O) groups is 2. The number of benzene rings is 2. The minimum absolute atomic E-state index is 0.0260. The van der Waals surface area contributed by atoms with Gasteiger partial charge in [-0.25, -0.2) is 4.98 Å². The van der Waals surface area contributed by atoms with E-state index in [1.165, 1.54) is 0 Å². The number of H-pyrrole nitrogens is 1. The molecule has 2 aromatic carbocycles. The molecule has 0 unspecified atom stereocenters. The second kappa shape index (κ2) is 8.78. The lowest BCUT2D eigenvalue weighted by molar-refractivity contribution is 0.0798. The second-order valence-corrected chi connectivity index (χ2v) is 7.87. The first-order chi connectivity index (χ1) is 15.0. The first kappa shape index (κ1) is 20.9. The highest BCUT2D eigenvalue weighted by Gasteiger charge is 2.20. The first-order valence-electron chi connectivity index (χ1n) is 10.2. The quantitative estimate of drug-likeness (QED) is 0.570. The largest absolute Gasteiger partial charge is 0.337 e. The highest BCUT2D eigenvalue weighted by Crippen LogP contribution is 2.21. The van der Waals surface area contributed by atoms with Crippen molar-refractivity contribution in [3.63, 3.8) is 0 Å². The number of nitrogens with one attached hydrogen (secondary N) is 2. The van der Waals surface area contributed by atoms with Crippen LogP contribution in [0.2, 0.25) is 5.02 Å². The standard InChI is InChI=1S/C24H23ClN4O2/c1-3-6-20(22-26-19-10-8-17(25)14-21(19)27-22)28-23(30)16-7-9-18(15(2)13-16)24(31)29-11-4-5-12-29/h4-10,13-14H,3,11-12H2,1-2H3,(H,26,27)(H,28,30)/b20-6-. The lowest BCUT2D eigenvalue weighted by atomic mass is 10.0. The van der Waals surface area contributed by atoms with Crippen LogP contribution in [0.25, 0.3) is 16.7 Å². The maximum atomic E-state index is 12.9. The minimum atomic E-state index is -0.261. The van der Waals surface area contributed by atoms with Crippen molar-refractivity contribution < 1.29 is 9.59 Å². The van der Waals surface area contributed by atoms with Gasteiger partial charge in [0.15, 0.2) is 5.82 Å². The zero-order valence-corrected chi connectivity index (χ0v) is 18.2. The molecule has 0 fully saturated rings. The van der Waals surface area contributed by atoms with E-state index in [4.69, 9.17) is 11.6 Å². The molecule has 1 aromatic heterocycles. The Labute approximate surface area is 185 Å². The van der Waals surface area contributed by atoms with Gasteiger partial charge in [0.1, 0.15) is 0 Å². The van der Waals surface area contributed by atoms with Gasteiger partial charge >= 0.3 is 0 Å². The Bertz CT molecular complexity index is 1220. The molecule has 1 aliphatic heterocycles. The number of aryl methyl sites for hydroxylation is 1. The third kappa shape index (κ3) is 4.39. The van der Waals surface area contributed by atoms with Gasteiger partial charge in [-0.3, -0.25) is 9.59 Å². The number of fused-ring (bicyclic) bond motifs is 1. The molecule has 6 nitrogen and oxygen atoms in total. The molecule has 0 aliphatic carbocycles. The van der Waals surface area contributed by atoms with Crippen LogP contribution in [0.3, 0.4) is 0 Å². The zero-order valence-electron chi connectivity index (χ0n) is 17.4. The van der Waals surface area contributed by atoms with Crippen LogP contribution in [0.1, 0.15) is 45.4 Å². The highest BCUT2D eigenvalue weighted by atomic mass is 35.5. The molecule has 158 valence electrons. The number of aromatic nitrogens is 2. The molecule has 4 rings (SSSR count). The van der Waals surface area contributed by atoms with Crippen LogP contribution in [-0.2, 0) is 0 Å². The molecule has 3 aromatic rings. The Balaban J connectivity index is 1.55. The molecule has 2 N–H and O–H groups in total. The van der Waals surface area contributed by atoms with Crippen LogP contribution in [-0.4, -0.2) is 39.8 Å². The topological polar surface area (TPSA) is 78.1 Å². The Morgan fingerprint density at radius 3 is 2.68 bits per heavy atom. The molecule has 1 aliphatic rings. The van der Waals surface area contributed by atoms with Crippen molar-refractivity contribution in [3.8, 4) is 0 Å². The summed E-state index contributed by atoms with van der Waals surface area (Å²) in [7, 11) is 0. The van der Waals surface area contributed by atoms with E-state index in [9.17, 15) is 9.59 Å². The number of rotatable bonds is 5. The van der Waals surface area contributed by atoms with Gasteiger partial charge in [-0.05, 0) is 55.3 Å².